The Morgan fingerprint density at radius 1 is 1.39 bits per heavy atom. The summed E-state index contributed by atoms with van der Waals surface area (Å²) >= 11 is 1.64. The highest BCUT2D eigenvalue weighted by Gasteiger charge is 2.52. The number of ether oxygens (including phenoxy) is 2. The molecule has 6 atom stereocenters. The minimum Gasteiger partial charge on any atom is -0.392 e. The van der Waals surface area contributed by atoms with Gasteiger partial charge in [-0.15, -0.1) is 11.3 Å². The fraction of sp³-hybridized carbons (Fsp3) is 0.731. The smallest absolute Gasteiger partial charge is 0.138 e. The van der Waals surface area contributed by atoms with Gasteiger partial charge in [0.1, 0.15) is 12.1 Å². The molecule has 0 radical (unpaired) electrons. The van der Waals surface area contributed by atoms with Crippen LogP contribution in [-0.4, -0.2) is 53.2 Å². The van der Waals surface area contributed by atoms with Gasteiger partial charge in [0.2, 0.25) is 0 Å². The molecule has 2 rings (SSSR count). The van der Waals surface area contributed by atoms with E-state index in [1.165, 1.54) is 0 Å². The molecule has 0 saturated carbocycles. The molecular weight excluding hydrogens is 438 g/mol. The first kappa shape index (κ1) is 27.8. The number of aliphatic hydroxyl groups excluding tert-OH is 1. The SMILES string of the molecule is COC(CC1OC1(C)CCCC(C)C(O)CC(=O)C(C)CCC=O)/C(C)=C/c1csc(C)n1. The van der Waals surface area contributed by atoms with E-state index < -0.39 is 6.10 Å². The summed E-state index contributed by atoms with van der Waals surface area (Å²) in [5, 5.41) is 13.6. The van der Waals surface area contributed by atoms with E-state index in [1.807, 2.05) is 20.8 Å². The summed E-state index contributed by atoms with van der Waals surface area (Å²) in [6.45, 7) is 10.1. The number of hydrogen-bond donors (Lipinski definition) is 1. The molecule has 0 aromatic carbocycles. The van der Waals surface area contributed by atoms with E-state index in [2.05, 4.69) is 30.3 Å². The Hall–Kier alpha value is -1.41. The Kier molecular flexibility index (Phi) is 10.9. The van der Waals surface area contributed by atoms with Gasteiger partial charge in [0, 0.05) is 37.7 Å². The quantitative estimate of drug-likeness (QED) is 0.260. The number of Topliss-reactive ketones (excluding diaryl/α,β-unsaturated/α-hetero) is 1. The van der Waals surface area contributed by atoms with Crippen LogP contribution in [0.15, 0.2) is 11.0 Å². The van der Waals surface area contributed by atoms with Gasteiger partial charge in [0.05, 0.1) is 34.6 Å². The number of carbonyl (C=O) groups is 2. The van der Waals surface area contributed by atoms with Crippen molar-refractivity contribution in [2.45, 2.75) is 103 Å². The van der Waals surface area contributed by atoms with Crippen LogP contribution in [0.1, 0.15) is 83.3 Å². The van der Waals surface area contributed by atoms with Crippen molar-refractivity contribution in [3.63, 3.8) is 0 Å². The van der Waals surface area contributed by atoms with E-state index in [0.717, 1.165) is 48.2 Å². The summed E-state index contributed by atoms with van der Waals surface area (Å²) in [5.74, 6) is -0.0931. The molecule has 1 aromatic heterocycles. The van der Waals surface area contributed by atoms with Crippen LogP contribution in [0.3, 0.4) is 0 Å². The summed E-state index contributed by atoms with van der Waals surface area (Å²) in [7, 11) is 1.73. The lowest BCUT2D eigenvalue weighted by Gasteiger charge is -2.20. The molecule has 1 N–H and O–H groups in total. The molecule has 1 aliphatic rings. The Labute approximate surface area is 202 Å². The zero-order chi connectivity index (χ0) is 24.6. The molecule has 0 aliphatic carbocycles. The van der Waals surface area contributed by atoms with Crippen molar-refractivity contribution < 1.29 is 24.2 Å². The van der Waals surface area contributed by atoms with E-state index in [1.54, 1.807) is 18.4 Å². The van der Waals surface area contributed by atoms with E-state index in [0.29, 0.717) is 12.8 Å². The highest BCUT2D eigenvalue weighted by atomic mass is 32.1. The monoisotopic (exact) mass is 479 g/mol. The van der Waals surface area contributed by atoms with Gasteiger partial charge in [-0.2, -0.15) is 0 Å². The third-order valence-electron chi connectivity index (χ3n) is 6.94. The molecule has 0 spiro atoms. The van der Waals surface area contributed by atoms with Gasteiger partial charge in [-0.05, 0) is 57.6 Å². The van der Waals surface area contributed by atoms with Crippen molar-refractivity contribution in [1.82, 2.24) is 4.98 Å². The second-order valence-electron chi connectivity index (χ2n) is 9.81. The standard InChI is InChI=1S/C26H41NO5S/c1-17(22(29)14-23(30)18(2)10-8-12-28)9-7-11-26(5)25(32-26)15-24(31-6)19(3)13-21-16-33-20(4)27-21/h12-13,16-18,22,24-25,29H,7-11,14-15H2,1-6H3/b19-13+. The van der Waals surface area contributed by atoms with Crippen LogP contribution in [0, 0.1) is 18.8 Å². The minimum atomic E-state index is -0.639. The van der Waals surface area contributed by atoms with Gasteiger partial charge >= 0.3 is 0 Å². The highest BCUT2D eigenvalue weighted by Crippen LogP contribution is 2.44. The number of carbonyl (C=O) groups excluding carboxylic acids is 2. The van der Waals surface area contributed by atoms with Crippen LogP contribution in [-0.2, 0) is 19.1 Å². The molecule has 1 fully saturated rings. The van der Waals surface area contributed by atoms with E-state index in [-0.39, 0.29) is 41.8 Å². The lowest BCUT2D eigenvalue weighted by molar-refractivity contribution is -0.125. The molecule has 0 bridgehead atoms. The fourth-order valence-corrected chi connectivity index (χ4v) is 4.87. The third-order valence-corrected chi connectivity index (χ3v) is 7.73. The number of epoxide rings is 1. The molecule has 33 heavy (non-hydrogen) atoms. The average Bonchev–Trinajstić information content (AvgIpc) is 3.22. The number of hydrogen-bond acceptors (Lipinski definition) is 7. The first-order valence-electron chi connectivity index (χ1n) is 12.0. The zero-order valence-corrected chi connectivity index (χ0v) is 21.8. The van der Waals surface area contributed by atoms with E-state index in [4.69, 9.17) is 9.47 Å². The van der Waals surface area contributed by atoms with Crippen molar-refractivity contribution in [2.75, 3.05) is 7.11 Å². The molecule has 1 aliphatic heterocycles. The van der Waals surface area contributed by atoms with Crippen molar-refractivity contribution in [3.05, 3.63) is 21.7 Å². The minimum absolute atomic E-state index is 0.00760. The first-order chi connectivity index (χ1) is 15.6. The van der Waals surface area contributed by atoms with Crippen LogP contribution >= 0.6 is 11.3 Å². The third kappa shape index (κ3) is 8.71. The van der Waals surface area contributed by atoms with Gasteiger partial charge in [0.25, 0.3) is 0 Å². The predicted molar refractivity (Wildman–Crippen MR) is 132 cm³/mol. The number of aldehydes is 1. The maximum absolute atomic E-state index is 12.2. The largest absolute Gasteiger partial charge is 0.392 e. The van der Waals surface area contributed by atoms with Crippen LogP contribution in [0.5, 0.6) is 0 Å². The molecule has 7 heteroatoms. The summed E-state index contributed by atoms with van der Waals surface area (Å²) in [6, 6.07) is 0. The van der Waals surface area contributed by atoms with Crippen molar-refractivity contribution in [3.8, 4) is 0 Å². The Bertz CT molecular complexity index is 806. The summed E-state index contributed by atoms with van der Waals surface area (Å²) < 4.78 is 11.8. The molecule has 0 amide bonds. The lowest BCUT2D eigenvalue weighted by atomic mass is 9.88. The van der Waals surface area contributed by atoms with Gasteiger partial charge in [-0.25, -0.2) is 4.98 Å². The summed E-state index contributed by atoms with van der Waals surface area (Å²) in [5.41, 5.74) is 1.96. The highest BCUT2D eigenvalue weighted by molar-refractivity contribution is 7.09. The van der Waals surface area contributed by atoms with Crippen LogP contribution < -0.4 is 0 Å². The van der Waals surface area contributed by atoms with Gasteiger partial charge in [-0.3, -0.25) is 4.79 Å². The molecule has 6 unspecified atom stereocenters. The summed E-state index contributed by atoms with van der Waals surface area (Å²) in [4.78, 5) is 27.2. The van der Waals surface area contributed by atoms with E-state index in [9.17, 15) is 14.7 Å². The second-order valence-corrected chi connectivity index (χ2v) is 10.9. The maximum Gasteiger partial charge on any atom is 0.138 e. The number of nitrogens with zero attached hydrogens (tertiary/aromatic N) is 1. The molecular formula is C26H41NO5S. The molecule has 2 heterocycles. The number of aromatic nitrogens is 1. The average molecular weight is 480 g/mol. The van der Waals surface area contributed by atoms with Crippen LogP contribution in [0.2, 0.25) is 0 Å². The molecule has 186 valence electrons. The maximum atomic E-state index is 12.2. The first-order valence-corrected chi connectivity index (χ1v) is 12.9. The molecule has 1 saturated heterocycles. The predicted octanol–water partition coefficient (Wildman–Crippen LogP) is 5.16. The Morgan fingerprint density at radius 2 is 2.12 bits per heavy atom. The second kappa shape index (κ2) is 12.9. The number of aliphatic hydroxyl groups is 1. The number of aryl methyl sites for hydroxylation is 1. The van der Waals surface area contributed by atoms with Gasteiger partial charge < -0.3 is 19.4 Å². The Morgan fingerprint density at radius 3 is 2.73 bits per heavy atom. The molecule has 6 nitrogen and oxygen atoms in total. The normalized spacial score (nSPS) is 24.2. The van der Waals surface area contributed by atoms with Crippen molar-refractivity contribution in [2.24, 2.45) is 11.8 Å². The summed E-state index contributed by atoms with van der Waals surface area (Å²) in [6.07, 6.45) is 7.05. The lowest BCUT2D eigenvalue weighted by Crippen LogP contribution is -2.25. The fourth-order valence-electron chi connectivity index (χ4n) is 4.30. The topological polar surface area (TPSA) is 89.0 Å². The number of ketones is 1. The van der Waals surface area contributed by atoms with Gasteiger partial charge in [-0.1, -0.05) is 20.3 Å². The number of methoxy groups -OCH3 is 1. The number of thiazole rings is 1. The van der Waals surface area contributed by atoms with Crippen LogP contribution in [0.25, 0.3) is 6.08 Å². The van der Waals surface area contributed by atoms with Crippen molar-refractivity contribution >= 4 is 29.5 Å². The molecule has 1 aromatic rings. The van der Waals surface area contributed by atoms with Crippen LogP contribution in [0.4, 0.5) is 0 Å². The van der Waals surface area contributed by atoms with E-state index >= 15 is 0 Å². The number of rotatable bonds is 16. The zero-order valence-electron chi connectivity index (χ0n) is 21.0. The van der Waals surface area contributed by atoms with Crippen molar-refractivity contribution in [1.29, 1.82) is 0 Å². The van der Waals surface area contributed by atoms with Gasteiger partial charge in [0.15, 0.2) is 0 Å². The Balaban J connectivity index is 1.74.